The fourth-order valence-electron chi connectivity index (χ4n) is 6.35. The van der Waals surface area contributed by atoms with Crippen molar-refractivity contribution >= 4 is 17.8 Å². The number of β-amino-alcohol motifs (C(OH)–C–C–N with tert-alkyl or cyclic N) is 1. The van der Waals surface area contributed by atoms with E-state index in [2.05, 4.69) is 11.5 Å². The lowest BCUT2D eigenvalue weighted by Crippen LogP contribution is -2.57. The van der Waals surface area contributed by atoms with Crippen molar-refractivity contribution in [1.82, 2.24) is 14.7 Å². The highest BCUT2D eigenvalue weighted by molar-refractivity contribution is 5.98. The molecule has 0 aliphatic carbocycles. The molecule has 0 aromatic carbocycles. The number of rotatable bonds is 10. The monoisotopic (exact) mass is 479 g/mol. The lowest BCUT2D eigenvalue weighted by Gasteiger charge is -2.37. The molecule has 5 atom stereocenters. The zero-order valence-corrected chi connectivity index (χ0v) is 20.2. The van der Waals surface area contributed by atoms with Crippen LogP contribution in [0.2, 0.25) is 0 Å². The van der Waals surface area contributed by atoms with Crippen LogP contribution in [0.1, 0.15) is 26.7 Å². The summed E-state index contributed by atoms with van der Waals surface area (Å²) in [4.78, 5) is 46.0. The van der Waals surface area contributed by atoms with E-state index >= 15 is 0 Å². The molecule has 10 heteroatoms. The molecule has 2 bridgehead atoms. The fourth-order valence-corrected chi connectivity index (χ4v) is 6.35. The van der Waals surface area contributed by atoms with Crippen LogP contribution >= 0.6 is 0 Å². The summed E-state index contributed by atoms with van der Waals surface area (Å²) in [7, 11) is 0. The van der Waals surface area contributed by atoms with E-state index in [0.717, 1.165) is 13.1 Å². The van der Waals surface area contributed by atoms with Gasteiger partial charge in [-0.05, 0) is 26.7 Å². The lowest BCUT2D eigenvalue weighted by molar-refractivity contribution is -0.160. The van der Waals surface area contributed by atoms with Crippen LogP contribution in [0.15, 0.2) is 12.7 Å². The number of hydrogen-bond acceptors (Lipinski definition) is 8. The smallest absolute Gasteiger partial charge is 0.312 e. The van der Waals surface area contributed by atoms with Crippen LogP contribution in [0.25, 0.3) is 0 Å². The number of carbonyl (C=O) groups excluding carboxylic acids is 3. The minimum Gasteiger partial charge on any atom is -0.466 e. The predicted molar refractivity (Wildman–Crippen MR) is 122 cm³/mol. The number of morpholine rings is 1. The van der Waals surface area contributed by atoms with Gasteiger partial charge in [0.15, 0.2) is 0 Å². The predicted octanol–water partition coefficient (Wildman–Crippen LogP) is -0.347. The number of aliphatic hydroxyl groups excluding tert-OH is 1. The summed E-state index contributed by atoms with van der Waals surface area (Å²) in [6.07, 6.45) is 2.74. The number of carbonyl (C=O) groups is 3. The molecule has 34 heavy (non-hydrogen) atoms. The Labute approximate surface area is 200 Å². The summed E-state index contributed by atoms with van der Waals surface area (Å²) in [5.41, 5.74) is -1.96. The molecule has 4 fully saturated rings. The van der Waals surface area contributed by atoms with Crippen molar-refractivity contribution in [3.05, 3.63) is 12.7 Å². The van der Waals surface area contributed by atoms with Crippen LogP contribution in [-0.4, -0.2) is 121 Å². The average molecular weight is 480 g/mol. The number of ether oxygens (including phenoxy) is 3. The van der Waals surface area contributed by atoms with Gasteiger partial charge in [-0.2, -0.15) is 0 Å². The third kappa shape index (κ3) is 4.04. The Morgan fingerprint density at radius 1 is 1.29 bits per heavy atom. The van der Waals surface area contributed by atoms with E-state index in [1.165, 1.54) is 4.90 Å². The Balaban J connectivity index is 1.63. The molecule has 190 valence electrons. The largest absolute Gasteiger partial charge is 0.466 e. The van der Waals surface area contributed by atoms with Gasteiger partial charge in [0.1, 0.15) is 17.6 Å². The molecular weight excluding hydrogens is 442 g/mol. The zero-order chi connectivity index (χ0) is 24.5. The van der Waals surface area contributed by atoms with Gasteiger partial charge in [0, 0.05) is 39.3 Å². The number of likely N-dealkylation sites (tertiary alicyclic amines) is 1. The summed E-state index contributed by atoms with van der Waals surface area (Å²) in [6.45, 7) is 11.8. The van der Waals surface area contributed by atoms with Crippen LogP contribution in [0.5, 0.6) is 0 Å². The van der Waals surface area contributed by atoms with Gasteiger partial charge < -0.3 is 29.1 Å². The number of aliphatic hydroxyl groups is 1. The number of nitrogens with zero attached hydrogens (tertiary/aromatic N) is 3. The number of amides is 2. The molecule has 10 nitrogen and oxygen atoms in total. The Hall–Kier alpha value is -2.01. The van der Waals surface area contributed by atoms with Crippen molar-refractivity contribution in [3.8, 4) is 0 Å². The first-order valence-electron chi connectivity index (χ1n) is 12.3. The van der Waals surface area contributed by atoms with Crippen molar-refractivity contribution in [2.45, 2.75) is 43.9 Å². The first-order valence-corrected chi connectivity index (χ1v) is 12.3. The molecule has 2 amide bonds. The third-order valence-corrected chi connectivity index (χ3v) is 7.84. The third-order valence-electron chi connectivity index (χ3n) is 7.84. The molecule has 4 rings (SSSR count). The summed E-state index contributed by atoms with van der Waals surface area (Å²) >= 11 is 0. The molecule has 0 aromatic heterocycles. The zero-order valence-electron chi connectivity index (χ0n) is 20.2. The van der Waals surface area contributed by atoms with Crippen LogP contribution in [-0.2, 0) is 28.6 Å². The average Bonchev–Trinajstić information content (AvgIpc) is 3.38. The molecule has 1 spiro atoms. The highest BCUT2D eigenvalue weighted by Crippen LogP contribution is 2.63. The first-order chi connectivity index (χ1) is 16.3. The second-order valence-corrected chi connectivity index (χ2v) is 9.76. The van der Waals surface area contributed by atoms with Crippen LogP contribution < -0.4 is 0 Å². The number of esters is 1. The number of hydrogen-bond donors (Lipinski definition) is 1. The summed E-state index contributed by atoms with van der Waals surface area (Å²) in [6, 6.07) is -0.900. The van der Waals surface area contributed by atoms with Gasteiger partial charge in [-0.3, -0.25) is 19.3 Å². The molecule has 4 heterocycles. The van der Waals surface area contributed by atoms with E-state index in [-0.39, 0.29) is 31.6 Å². The molecule has 0 aromatic rings. The summed E-state index contributed by atoms with van der Waals surface area (Å²) in [5, 5.41) is 9.71. The van der Waals surface area contributed by atoms with Gasteiger partial charge in [0.2, 0.25) is 11.8 Å². The van der Waals surface area contributed by atoms with Crippen LogP contribution in [0.4, 0.5) is 0 Å². The van der Waals surface area contributed by atoms with E-state index in [4.69, 9.17) is 14.2 Å². The van der Waals surface area contributed by atoms with Crippen LogP contribution in [0, 0.1) is 11.8 Å². The molecule has 0 radical (unpaired) electrons. The summed E-state index contributed by atoms with van der Waals surface area (Å²) in [5.74, 6) is -2.58. The molecular formula is C24H37N3O7. The van der Waals surface area contributed by atoms with E-state index < -0.39 is 35.0 Å². The maximum Gasteiger partial charge on any atom is 0.312 e. The fraction of sp³-hybridized carbons (Fsp3) is 0.792. The topological polar surface area (TPSA) is 109 Å². The molecule has 2 unspecified atom stereocenters. The van der Waals surface area contributed by atoms with Gasteiger partial charge in [0.05, 0.1) is 37.9 Å². The van der Waals surface area contributed by atoms with Gasteiger partial charge in [-0.25, -0.2) is 0 Å². The van der Waals surface area contributed by atoms with Crippen LogP contribution in [0.3, 0.4) is 0 Å². The van der Waals surface area contributed by atoms with Crippen molar-refractivity contribution in [2.24, 2.45) is 11.8 Å². The van der Waals surface area contributed by atoms with Gasteiger partial charge >= 0.3 is 5.97 Å². The van der Waals surface area contributed by atoms with Crippen molar-refractivity contribution in [1.29, 1.82) is 0 Å². The Bertz CT molecular complexity index is 816. The van der Waals surface area contributed by atoms with E-state index in [1.807, 2.05) is 6.92 Å². The normalized spacial score (nSPS) is 34.9. The minimum absolute atomic E-state index is 0.00844. The van der Waals surface area contributed by atoms with Gasteiger partial charge in [-0.1, -0.05) is 6.08 Å². The maximum atomic E-state index is 14.0. The van der Waals surface area contributed by atoms with Crippen molar-refractivity contribution < 1.29 is 33.7 Å². The van der Waals surface area contributed by atoms with Gasteiger partial charge in [0.25, 0.3) is 0 Å². The van der Waals surface area contributed by atoms with E-state index in [9.17, 15) is 19.5 Å². The van der Waals surface area contributed by atoms with Crippen molar-refractivity contribution in [2.75, 3.05) is 65.7 Å². The second kappa shape index (κ2) is 9.93. The first kappa shape index (κ1) is 25.1. The van der Waals surface area contributed by atoms with Crippen molar-refractivity contribution in [3.63, 3.8) is 0 Å². The Kier molecular flexibility index (Phi) is 7.33. The highest BCUT2D eigenvalue weighted by Gasteiger charge is 2.78. The quantitative estimate of drug-likeness (QED) is 0.335. The maximum absolute atomic E-state index is 14.0. The SMILES string of the molecule is C=CCN(CCN1CCOCC1)C(=O)C1N(CCO)C(=O)[C@@H]2[C@@H](C(=O)OCC)[C@@]3(C)CCC12O3. The standard InChI is InChI=1S/C24H37N3O7/c1-4-8-26(10-9-25-12-15-32-16-13-25)21(30)19-24-7-6-23(3,34-24)18(22(31)33-5-2)17(24)20(29)27(19)11-14-28/h4,17-19,28H,1,5-16H2,2-3H3/t17-,18-,19?,23+,24?/m0/s1. The van der Waals surface area contributed by atoms with E-state index in [1.54, 1.807) is 17.9 Å². The Morgan fingerprint density at radius 2 is 2.03 bits per heavy atom. The number of fused-ring (bicyclic) bond motifs is 1. The lowest BCUT2D eigenvalue weighted by atomic mass is 9.66. The molecule has 1 N–H and O–H groups in total. The molecule has 4 aliphatic rings. The minimum atomic E-state index is -1.10. The second-order valence-electron chi connectivity index (χ2n) is 9.76. The highest BCUT2D eigenvalue weighted by atomic mass is 16.6. The van der Waals surface area contributed by atoms with Gasteiger partial charge in [-0.15, -0.1) is 6.58 Å². The molecule has 4 aliphatic heterocycles. The summed E-state index contributed by atoms with van der Waals surface area (Å²) < 4.78 is 17.2. The molecule has 4 saturated heterocycles. The Morgan fingerprint density at radius 3 is 2.68 bits per heavy atom. The molecule has 0 saturated carbocycles. The van der Waals surface area contributed by atoms with E-state index in [0.29, 0.717) is 45.7 Å².